The van der Waals surface area contributed by atoms with Crippen molar-refractivity contribution in [1.29, 1.82) is 0 Å². The number of nitro groups is 2. The number of fused-ring (bicyclic) bond motifs is 2. The SMILES string of the molecule is C=CCOC12Oc3ccc(Oc4cccc([N+](=O)[O-])c4)cc3C3C(CCCCO)C(CCCCO)C=C(C(=NOCc4ccc([N+](=O)[O-])cc4)CC1N(Cc1ccc(F)cc1)C(=O)CCCCCCCCCCC)C32. The number of allylic oxidation sites excluding steroid dienone is 1. The van der Waals surface area contributed by atoms with Crippen molar-refractivity contribution in [3.63, 3.8) is 0 Å². The van der Waals surface area contributed by atoms with E-state index in [4.69, 9.17) is 24.2 Å². The molecule has 2 N–H and O–H groups in total. The number of nitrogens with zero attached hydrogens (tertiary/aromatic N) is 4. The molecule has 1 saturated carbocycles. The molecule has 1 amide bonds. The van der Waals surface area contributed by atoms with E-state index < -0.39 is 39.3 Å². The summed E-state index contributed by atoms with van der Waals surface area (Å²) in [5.74, 6) is -2.14. The number of hydrogen-bond acceptors (Lipinski definition) is 12. The zero-order valence-corrected chi connectivity index (χ0v) is 43.2. The highest BCUT2D eigenvalue weighted by molar-refractivity contribution is 6.03. The van der Waals surface area contributed by atoms with Crippen molar-refractivity contribution in [3.8, 4) is 17.2 Å². The molecule has 4 aromatic rings. The van der Waals surface area contributed by atoms with Gasteiger partial charge < -0.3 is 34.2 Å². The van der Waals surface area contributed by atoms with Gasteiger partial charge in [-0.3, -0.25) is 25.0 Å². The van der Waals surface area contributed by atoms with Gasteiger partial charge in [-0.25, -0.2) is 4.39 Å². The summed E-state index contributed by atoms with van der Waals surface area (Å²) in [6.45, 7) is 6.44. The first-order valence-electron chi connectivity index (χ1n) is 26.9. The van der Waals surface area contributed by atoms with E-state index in [9.17, 15) is 34.8 Å². The van der Waals surface area contributed by atoms with Gasteiger partial charge in [0.05, 0.1) is 34.1 Å². The van der Waals surface area contributed by atoms with Crippen molar-refractivity contribution in [2.24, 2.45) is 22.9 Å². The number of halogens is 1. The normalized spacial score (nSPS) is 21.0. The van der Waals surface area contributed by atoms with E-state index in [1.54, 1.807) is 48.5 Å². The number of ether oxygens (including phenoxy) is 3. The number of aliphatic hydroxyl groups excluding tert-OH is 2. The molecule has 1 aliphatic heterocycles. The molecule has 0 aromatic heterocycles. The first-order valence-corrected chi connectivity index (χ1v) is 26.9. The van der Waals surface area contributed by atoms with Crippen LogP contribution in [-0.2, 0) is 27.5 Å². The van der Waals surface area contributed by atoms with E-state index in [0.717, 1.165) is 43.2 Å². The highest BCUT2D eigenvalue weighted by Gasteiger charge is 2.65. The van der Waals surface area contributed by atoms with Gasteiger partial charge in [0.2, 0.25) is 11.7 Å². The van der Waals surface area contributed by atoms with Crippen molar-refractivity contribution in [2.45, 2.75) is 147 Å². The predicted octanol–water partition coefficient (Wildman–Crippen LogP) is 13.2. The van der Waals surface area contributed by atoms with E-state index in [0.29, 0.717) is 66.9 Å². The van der Waals surface area contributed by atoms with E-state index in [2.05, 4.69) is 19.6 Å². The maximum Gasteiger partial charge on any atom is 0.273 e. The van der Waals surface area contributed by atoms with Gasteiger partial charge >= 0.3 is 0 Å². The highest BCUT2D eigenvalue weighted by Crippen LogP contribution is 2.62. The molecule has 402 valence electrons. The molecule has 0 radical (unpaired) electrons. The smallest absolute Gasteiger partial charge is 0.273 e. The average Bonchev–Trinajstić information content (AvgIpc) is 3.45. The molecule has 1 fully saturated rings. The molecule has 1 heterocycles. The Morgan fingerprint density at radius 1 is 0.827 bits per heavy atom. The molecule has 15 nitrogen and oxygen atoms in total. The maximum atomic E-state index is 15.3. The zero-order valence-electron chi connectivity index (χ0n) is 43.2. The lowest BCUT2D eigenvalue weighted by atomic mass is 9.55. The summed E-state index contributed by atoms with van der Waals surface area (Å²) >= 11 is 0. The van der Waals surface area contributed by atoms with Gasteiger partial charge in [0.1, 0.15) is 35.7 Å². The second-order valence-electron chi connectivity index (χ2n) is 20.1. The van der Waals surface area contributed by atoms with Crippen LogP contribution in [0.1, 0.15) is 139 Å². The minimum atomic E-state index is -1.57. The summed E-state index contributed by atoms with van der Waals surface area (Å²) < 4.78 is 35.6. The van der Waals surface area contributed by atoms with Gasteiger partial charge in [-0.2, -0.15) is 0 Å². The van der Waals surface area contributed by atoms with Crippen LogP contribution in [0.2, 0.25) is 0 Å². The van der Waals surface area contributed by atoms with Crippen LogP contribution in [0.3, 0.4) is 0 Å². The number of hydrogen-bond donors (Lipinski definition) is 2. The molecule has 16 heteroatoms. The second kappa shape index (κ2) is 27.9. The molecule has 7 rings (SSSR count). The van der Waals surface area contributed by atoms with E-state index >= 15 is 4.79 Å². The molecule has 0 bridgehead atoms. The number of carbonyl (C=O) groups is 1. The Kier molecular flexibility index (Phi) is 20.9. The number of oxime groups is 1. The number of carbonyl (C=O) groups excluding carboxylic acids is 1. The number of nitro benzene ring substituents is 2. The standard InChI is InChI=1S/C59H73FN4O11/c1-3-5-6-7-8-9-10-11-12-22-56(67)62(40-42-23-27-45(60)28-24-42)55-39-53(61-73-41-43-25-29-46(30-26-43)63(68)69)51-36-44(18-13-15-33-65)50(21-14-16-34-66)57-52-38-49(74-48-20-17-19-47(37-48)64(70)71)31-32-54(52)75-59(55,58(51)57)72-35-4-2/h4,17,19-20,23-32,36-38,44,50,55,57-58,65-66H,2-3,5-16,18,21-22,33-35,39-41H2,1H3. The Balaban J connectivity index is 1.39. The second-order valence-corrected chi connectivity index (χ2v) is 20.1. The fourth-order valence-electron chi connectivity index (χ4n) is 11.3. The lowest BCUT2D eigenvalue weighted by Crippen LogP contribution is -2.70. The van der Waals surface area contributed by atoms with Crippen molar-refractivity contribution in [3.05, 3.63) is 158 Å². The minimum Gasteiger partial charge on any atom is -0.459 e. The Hall–Kier alpha value is -6.49. The Labute approximate surface area is 439 Å². The van der Waals surface area contributed by atoms with E-state index in [1.165, 1.54) is 62.1 Å². The van der Waals surface area contributed by atoms with Gasteiger partial charge in [-0.05, 0) is 109 Å². The third-order valence-corrected chi connectivity index (χ3v) is 14.9. The molecule has 6 atom stereocenters. The van der Waals surface area contributed by atoms with Gasteiger partial charge in [-0.1, -0.05) is 107 Å². The van der Waals surface area contributed by atoms with Crippen LogP contribution in [0.5, 0.6) is 17.2 Å². The summed E-state index contributed by atoms with van der Waals surface area (Å²) in [5.41, 5.74) is 3.35. The fourth-order valence-corrected chi connectivity index (χ4v) is 11.3. The van der Waals surface area contributed by atoms with Crippen molar-refractivity contribution >= 4 is 23.0 Å². The zero-order chi connectivity index (χ0) is 53.2. The number of rotatable bonds is 31. The number of unbranched alkanes of at least 4 members (excludes halogenated alkanes) is 10. The predicted molar refractivity (Wildman–Crippen MR) is 285 cm³/mol. The van der Waals surface area contributed by atoms with Crippen LogP contribution in [0.15, 0.2) is 120 Å². The van der Waals surface area contributed by atoms with Crippen LogP contribution >= 0.6 is 0 Å². The van der Waals surface area contributed by atoms with Crippen molar-refractivity contribution in [2.75, 3.05) is 19.8 Å². The maximum absolute atomic E-state index is 15.3. The topological polar surface area (TPSA) is 196 Å². The van der Waals surface area contributed by atoms with Crippen molar-refractivity contribution in [1.82, 2.24) is 4.90 Å². The molecular weight excluding hydrogens is 960 g/mol. The van der Waals surface area contributed by atoms with Gasteiger partial charge in [-0.15, -0.1) is 6.58 Å². The minimum absolute atomic E-state index is 0.00869. The van der Waals surface area contributed by atoms with Gasteiger partial charge in [0, 0.05) is 62.3 Å². The van der Waals surface area contributed by atoms with E-state index in [1.807, 2.05) is 17.0 Å². The Morgan fingerprint density at radius 3 is 2.17 bits per heavy atom. The lowest BCUT2D eigenvalue weighted by molar-refractivity contribution is -0.385. The van der Waals surface area contributed by atoms with Gasteiger partial charge in [0.15, 0.2) is 0 Å². The first-order chi connectivity index (χ1) is 36.5. The van der Waals surface area contributed by atoms with Crippen LogP contribution in [0.25, 0.3) is 0 Å². The molecule has 2 aliphatic carbocycles. The molecule has 3 aliphatic rings. The van der Waals surface area contributed by atoms with Crippen LogP contribution in [0, 0.1) is 43.8 Å². The Morgan fingerprint density at radius 2 is 1.49 bits per heavy atom. The molecule has 75 heavy (non-hydrogen) atoms. The molecule has 0 spiro atoms. The fraction of sp³-hybridized carbons (Fsp3) is 0.492. The summed E-state index contributed by atoms with van der Waals surface area (Å²) in [6.07, 6.45) is 17.9. The largest absolute Gasteiger partial charge is 0.459 e. The third-order valence-electron chi connectivity index (χ3n) is 14.9. The molecule has 0 saturated heterocycles. The summed E-state index contributed by atoms with van der Waals surface area (Å²) in [7, 11) is 0. The summed E-state index contributed by atoms with van der Waals surface area (Å²) in [5, 5.41) is 48.3. The lowest BCUT2D eigenvalue weighted by Gasteiger charge is -2.60. The summed E-state index contributed by atoms with van der Waals surface area (Å²) in [6, 6.07) is 22.8. The number of amides is 1. The van der Waals surface area contributed by atoms with Crippen molar-refractivity contribution < 1.29 is 48.3 Å². The third kappa shape index (κ3) is 14.5. The Bertz CT molecular complexity index is 2590. The number of aliphatic hydroxyl groups is 2. The molecule has 6 unspecified atom stereocenters. The molecule has 4 aromatic carbocycles. The molecular formula is C59H73FN4O11. The van der Waals surface area contributed by atoms with Crippen LogP contribution in [-0.4, -0.2) is 68.2 Å². The number of benzene rings is 4. The van der Waals surface area contributed by atoms with Gasteiger partial charge in [0.25, 0.3) is 11.4 Å². The van der Waals surface area contributed by atoms with E-state index in [-0.39, 0.29) is 80.7 Å². The summed E-state index contributed by atoms with van der Waals surface area (Å²) in [4.78, 5) is 45.7. The number of non-ortho nitro benzene ring substituents is 2. The average molecular weight is 1030 g/mol. The quantitative estimate of drug-likeness (QED) is 0.0211. The van der Waals surface area contributed by atoms with Crippen LogP contribution in [0.4, 0.5) is 15.8 Å². The first kappa shape index (κ1) is 56.2. The monoisotopic (exact) mass is 1030 g/mol. The highest BCUT2D eigenvalue weighted by atomic mass is 19.1. The van der Waals surface area contributed by atoms with Crippen LogP contribution < -0.4 is 9.47 Å².